The maximum absolute atomic E-state index is 13.1. The lowest BCUT2D eigenvalue weighted by Gasteiger charge is -2.37. The number of alkyl halides is 3. The number of ether oxygens (including phenoxy) is 2. The quantitative estimate of drug-likeness (QED) is 0.572. The first-order chi connectivity index (χ1) is 17.4. The molecule has 37 heavy (non-hydrogen) atoms. The van der Waals surface area contributed by atoms with Crippen LogP contribution in [0.1, 0.15) is 43.7 Å². The number of allylic oxidation sites excluding steroid dienone is 3. The van der Waals surface area contributed by atoms with Gasteiger partial charge in [0, 0.05) is 18.4 Å². The fraction of sp³-hybridized carbons (Fsp3) is 0.296. The van der Waals surface area contributed by atoms with E-state index in [4.69, 9.17) is 15.2 Å². The normalized spacial score (nSPS) is 19.0. The Morgan fingerprint density at radius 2 is 1.86 bits per heavy atom. The van der Waals surface area contributed by atoms with Gasteiger partial charge in [-0.2, -0.15) is 18.4 Å². The third kappa shape index (κ3) is 5.45. The van der Waals surface area contributed by atoms with E-state index in [0.717, 1.165) is 12.1 Å². The van der Waals surface area contributed by atoms with E-state index in [2.05, 4.69) is 5.32 Å². The summed E-state index contributed by atoms with van der Waals surface area (Å²) in [5, 5.41) is 11.9. The van der Waals surface area contributed by atoms with Crippen molar-refractivity contribution in [2.45, 2.75) is 38.8 Å². The fourth-order valence-corrected chi connectivity index (χ4v) is 4.55. The first-order valence-corrected chi connectivity index (χ1v) is 11.4. The van der Waals surface area contributed by atoms with Gasteiger partial charge < -0.3 is 20.5 Å². The molecule has 0 fully saturated rings. The van der Waals surface area contributed by atoms with Crippen molar-refractivity contribution in [3.63, 3.8) is 0 Å². The molecular formula is C27H24F3N3O4. The summed E-state index contributed by atoms with van der Waals surface area (Å²) in [5.41, 5.74) is 5.54. The van der Waals surface area contributed by atoms with Crippen LogP contribution in [0, 0.1) is 16.7 Å². The van der Waals surface area contributed by atoms with Gasteiger partial charge in [-0.15, -0.1) is 0 Å². The van der Waals surface area contributed by atoms with Crippen LogP contribution in [0.2, 0.25) is 0 Å². The molecule has 0 saturated carbocycles. The summed E-state index contributed by atoms with van der Waals surface area (Å²) in [7, 11) is 0. The number of nitrogens with two attached hydrogens (primary N) is 1. The van der Waals surface area contributed by atoms with Gasteiger partial charge >= 0.3 is 6.18 Å². The summed E-state index contributed by atoms with van der Waals surface area (Å²) < 4.78 is 50.5. The average molecular weight is 512 g/mol. The number of para-hydroxylation sites is 1. The van der Waals surface area contributed by atoms with Crippen molar-refractivity contribution >= 4 is 17.4 Å². The second-order valence-electron chi connectivity index (χ2n) is 9.65. The van der Waals surface area contributed by atoms with Crippen LogP contribution >= 0.6 is 0 Å². The molecule has 1 unspecified atom stereocenters. The lowest BCUT2D eigenvalue weighted by Crippen LogP contribution is -2.33. The predicted octanol–water partition coefficient (Wildman–Crippen LogP) is 5.17. The number of rotatable bonds is 5. The second-order valence-corrected chi connectivity index (χ2v) is 9.65. The lowest BCUT2D eigenvalue weighted by atomic mass is 9.70. The zero-order valence-electron chi connectivity index (χ0n) is 20.1. The molecule has 7 nitrogen and oxygen atoms in total. The molecule has 2 aliphatic rings. The molecule has 2 aromatic carbocycles. The number of ketones is 1. The van der Waals surface area contributed by atoms with Gasteiger partial charge in [-0.3, -0.25) is 9.59 Å². The number of carbonyl (C=O) groups excluding carboxylic acids is 2. The summed E-state index contributed by atoms with van der Waals surface area (Å²) in [6.07, 6.45) is -3.81. The summed E-state index contributed by atoms with van der Waals surface area (Å²) in [4.78, 5) is 25.3. The van der Waals surface area contributed by atoms with E-state index in [9.17, 15) is 28.0 Å². The van der Waals surface area contributed by atoms with Crippen molar-refractivity contribution < 1.29 is 32.2 Å². The molecule has 0 bridgehead atoms. The van der Waals surface area contributed by atoms with Gasteiger partial charge in [0.2, 0.25) is 5.88 Å². The first kappa shape index (κ1) is 25.8. The molecule has 10 heteroatoms. The van der Waals surface area contributed by atoms with Crippen LogP contribution in [-0.4, -0.2) is 18.3 Å². The maximum atomic E-state index is 13.1. The molecule has 1 heterocycles. The monoisotopic (exact) mass is 511 g/mol. The Balaban J connectivity index is 1.50. The summed E-state index contributed by atoms with van der Waals surface area (Å²) in [5.74, 6) is -0.901. The number of nitriles is 1. The van der Waals surface area contributed by atoms with E-state index in [0.29, 0.717) is 29.7 Å². The molecule has 0 aromatic heterocycles. The van der Waals surface area contributed by atoms with E-state index in [1.807, 2.05) is 19.9 Å². The summed E-state index contributed by atoms with van der Waals surface area (Å²) in [6.45, 7) is 3.38. The zero-order chi connectivity index (χ0) is 27.0. The van der Waals surface area contributed by atoms with Crippen molar-refractivity contribution in [2.24, 2.45) is 11.1 Å². The van der Waals surface area contributed by atoms with E-state index < -0.39 is 30.2 Å². The van der Waals surface area contributed by atoms with Gasteiger partial charge in [-0.1, -0.05) is 38.1 Å². The Hall–Kier alpha value is -4.26. The minimum Gasteiger partial charge on any atom is -0.484 e. The molecule has 2 aromatic rings. The van der Waals surface area contributed by atoms with Gasteiger partial charge in [0.15, 0.2) is 12.4 Å². The Morgan fingerprint density at radius 3 is 2.51 bits per heavy atom. The number of hydrogen-bond acceptors (Lipinski definition) is 6. The van der Waals surface area contributed by atoms with Gasteiger partial charge in [0.05, 0.1) is 17.2 Å². The smallest absolute Gasteiger partial charge is 0.418 e. The molecule has 0 saturated heterocycles. The number of halogens is 3. The number of anilines is 1. The van der Waals surface area contributed by atoms with Gasteiger partial charge in [0.25, 0.3) is 5.91 Å². The summed E-state index contributed by atoms with van der Waals surface area (Å²) >= 11 is 0. The maximum Gasteiger partial charge on any atom is 0.418 e. The largest absolute Gasteiger partial charge is 0.484 e. The number of hydrogen-bond donors (Lipinski definition) is 2. The van der Waals surface area contributed by atoms with Crippen LogP contribution in [0.4, 0.5) is 18.9 Å². The SMILES string of the molecule is CC1(C)CC(=O)C2=C(C1)OC(N)=C(C#N)C2c1ccc(OCC(=O)Nc2ccccc2C(F)(F)F)cc1. The standard InChI is InChI=1S/C27H24F3N3O4/c1-26(2)11-20(34)24-21(12-26)37-25(32)17(13-31)23(24)15-7-9-16(10-8-15)36-14-22(35)33-19-6-4-3-5-18(19)27(28,29)30/h3-10,23H,11-12,14,32H2,1-2H3,(H,33,35). The lowest BCUT2D eigenvalue weighted by molar-refractivity contribution is -0.137. The molecule has 1 aliphatic heterocycles. The highest BCUT2D eigenvalue weighted by Crippen LogP contribution is 2.48. The van der Waals surface area contributed by atoms with Crippen LogP contribution in [0.15, 0.2) is 71.3 Å². The highest BCUT2D eigenvalue weighted by atomic mass is 19.4. The van der Waals surface area contributed by atoms with E-state index in [1.54, 1.807) is 24.3 Å². The molecule has 4 rings (SSSR count). The number of nitrogens with one attached hydrogen (secondary N) is 1. The molecule has 1 atom stereocenters. The number of Topliss-reactive ketones (excluding diaryl/α,β-unsaturated/α-hetero) is 1. The van der Waals surface area contributed by atoms with Crippen LogP contribution in [0.3, 0.4) is 0 Å². The van der Waals surface area contributed by atoms with E-state index >= 15 is 0 Å². The van der Waals surface area contributed by atoms with Crippen molar-refractivity contribution in [3.05, 3.63) is 82.4 Å². The van der Waals surface area contributed by atoms with Crippen LogP contribution in [-0.2, 0) is 20.5 Å². The minimum atomic E-state index is -4.62. The molecule has 0 radical (unpaired) electrons. The number of nitrogens with zero attached hydrogens (tertiary/aromatic N) is 1. The van der Waals surface area contributed by atoms with E-state index in [1.165, 1.54) is 12.1 Å². The Morgan fingerprint density at radius 1 is 1.19 bits per heavy atom. The molecule has 0 spiro atoms. The zero-order valence-corrected chi connectivity index (χ0v) is 20.1. The predicted molar refractivity (Wildman–Crippen MR) is 128 cm³/mol. The Bertz CT molecular complexity index is 1350. The average Bonchev–Trinajstić information content (AvgIpc) is 2.81. The molecule has 1 aliphatic carbocycles. The van der Waals surface area contributed by atoms with Crippen molar-refractivity contribution in [1.82, 2.24) is 0 Å². The number of carbonyl (C=O) groups is 2. The highest BCUT2D eigenvalue weighted by Gasteiger charge is 2.43. The van der Waals surface area contributed by atoms with Crippen LogP contribution < -0.4 is 15.8 Å². The number of amides is 1. The van der Waals surface area contributed by atoms with E-state index in [-0.39, 0.29) is 34.1 Å². The third-order valence-corrected chi connectivity index (χ3v) is 6.17. The molecular weight excluding hydrogens is 487 g/mol. The molecule has 192 valence electrons. The molecule has 1 amide bonds. The van der Waals surface area contributed by atoms with Gasteiger partial charge in [0.1, 0.15) is 23.2 Å². The fourth-order valence-electron chi connectivity index (χ4n) is 4.55. The Labute approximate surface area is 211 Å². The number of benzene rings is 2. The molecule has 3 N–H and O–H groups in total. The van der Waals surface area contributed by atoms with Crippen molar-refractivity contribution in [2.75, 3.05) is 11.9 Å². The van der Waals surface area contributed by atoms with Crippen LogP contribution in [0.25, 0.3) is 0 Å². The Kier molecular flexibility index (Phi) is 6.74. The first-order valence-electron chi connectivity index (χ1n) is 11.4. The topological polar surface area (TPSA) is 114 Å². The third-order valence-electron chi connectivity index (χ3n) is 6.17. The second kappa shape index (κ2) is 9.65. The van der Waals surface area contributed by atoms with Crippen LogP contribution in [0.5, 0.6) is 5.75 Å². The van der Waals surface area contributed by atoms with Gasteiger partial charge in [-0.05, 0) is 35.2 Å². The van der Waals surface area contributed by atoms with Gasteiger partial charge in [-0.25, -0.2) is 0 Å². The summed E-state index contributed by atoms with van der Waals surface area (Å²) in [6, 6.07) is 13.1. The highest BCUT2D eigenvalue weighted by molar-refractivity contribution is 6.00. The van der Waals surface area contributed by atoms with Crippen molar-refractivity contribution in [1.29, 1.82) is 5.26 Å². The van der Waals surface area contributed by atoms with Crippen molar-refractivity contribution in [3.8, 4) is 11.8 Å². The minimum absolute atomic E-state index is 0.0483.